The van der Waals surface area contributed by atoms with Gasteiger partial charge in [0.2, 0.25) is 11.8 Å². The number of pyridine rings is 1. The number of methoxy groups -OCH3 is 1. The maximum Gasteiger partial charge on any atom is 0.254 e. The van der Waals surface area contributed by atoms with E-state index in [0.29, 0.717) is 18.4 Å². The average Bonchev–Trinajstić information content (AvgIpc) is 3.17. The van der Waals surface area contributed by atoms with Gasteiger partial charge in [0.05, 0.1) is 19.8 Å². The van der Waals surface area contributed by atoms with Gasteiger partial charge in [-0.15, -0.1) is 0 Å². The van der Waals surface area contributed by atoms with Crippen LogP contribution in [0.4, 0.5) is 13.2 Å². The molecule has 0 bridgehead atoms. The Morgan fingerprint density at radius 1 is 1.36 bits per heavy atom. The fraction of sp³-hybridized carbons (Fsp3) is 0.684. The van der Waals surface area contributed by atoms with Gasteiger partial charge in [-0.2, -0.15) is 4.98 Å². The van der Waals surface area contributed by atoms with E-state index in [-0.39, 0.29) is 42.8 Å². The predicted octanol–water partition coefficient (Wildman–Crippen LogP) is 2.27. The van der Waals surface area contributed by atoms with Crippen molar-refractivity contribution in [1.29, 1.82) is 0 Å². The monoisotopic (exact) mass is 399 g/mol. The number of carbonyl (C=O) groups is 1. The lowest BCUT2D eigenvalue weighted by Gasteiger charge is -2.17. The molecule has 4 rings (SSSR count). The summed E-state index contributed by atoms with van der Waals surface area (Å²) in [6.07, 6.45) is 2.52. The number of nitrogens with zero attached hydrogens (tertiary/aromatic N) is 1. The molecule has 154 valence electrons. The van der Waals surface area contributed by atoms with Crippen LogP contribution in [0.2, 0.25) is 0 Å². The highest BCUT2D eigenvalue weighted by atomic mass is 19.3. The largest absolute Gasteiger partial charge is 0.481 e. The summed E-state index contributed by atoms with van der Waals surface area (Å²) in [5, 5.41) is 5.85. The van der Waals surface area contributed by atoms with Gasteiger partial charge in [0, 0.05) is 23.9 Å². The van der Waals surface area contributed by atoms with E-state index in [1.807, 2.05) is 0 Å². The molecule has 3 fully saturated rings. The molecule has 3 atom stereocenters. The number of fused-ring (bicyclic) bond motifs is 1. The first-order valence-electron chi connectivity index (χ1n) is 9.65. The van der Waals surface area contributed by atoms with E-state index in [0.717, 1.165) is 19.4 Å². The lowest BCUT2D eigenvalue weighted by Crippen LogP contribution is -2.40. The number of rotatable bonds is 7. The number of alkyl halides is 2. The van der Waals surface area contributed by atoms with Gasteiger partial charge in [-0.25, -0.2) is 13.2 Å². The normalized spacial score (nSPS) is 30.0. The number of hydrogen-bond acceptors (Lipinski definition) is 5. The lowest BCUT2D eigenvalue weighted by molar-refractivity contribution is -0.122. The van der Waals surface area contributed by atoms with Crippen LogP contribution in [-0.2, 0) is 11.3 Å². The minimum atomic E-state index is -2.52. The SMILES string of the molecule is COc1nc(OCC2CC3C(C2)C3(F)F)c(F)cc1CNC(=O)[C@@H]1CCCN1. The smallest absolute Gasteiger partial charge is 0.254 e. The quantitative estimate of drug-likeness (QED) is 0.736. The van der Waals surface area contributed by atoms with Gasteiger partial charge in [-0.1, -0.05) is 0 Å². The molecule has 1 aromatic heterocycles. The summed E-state index contributed by atoms with van der Waals surface area (Å²) < 4.78 is 51.5. The second kappa shape index (κ2) is 7.42. The molecule has 2 aliphatic carbocycles. The number of nitrogens with one attached hydrogen (secondary N) is 2. The molecule has 3 aliphatic rings. The maximum absolute atomic E-state index is 14.4. The molecule has 1 amide bonds. The molecule has 2 heterocycles. The zero-order chi connectivity index (χ0) is 19.9. The Labute approximate surface area is 161 Å². The summed E-state index contributed by atoms with van der Waals surface area (Å²) in [7, 11) is 1.40. The van der Waals surface area contributed by atoms with Crippen molar-refractivity contribution in [2.24, 2.45) is 17.8 Å². The molecular formula is C19H24F3N3O3. The minimum absolute atomic E-state index is 0.0142. The lowest BCUT2D eigenvalue weighted by atomic mass is 10.0. The Morgan fingerprint density at radius 3 is 2.75 bits per heavy atom. The van der Waals surface area contributed by atoms with Gasteiger partial charge < -0.3 is 20.1 Å². The molecule has 2 N–H and O–H groups in total. The number of hydrogen-bond donors (Lipinski definition) is 2. The number of amides is 1. The third-order valence-corrected chi connectivity index (χ3v) is 6.00. The highest BCUT2D eigenvalue weighted by molar-refractivity contribution is 5.82. The Bertz CT molecular complexity index is 741. The van der Waals surface area contributed by atoms with Gasteiger partial charge >= 0.3 is 0 Å². The summed E-state index contributed by atoms with van der Waals surface area (Å²) in [5.41, 5.74) is 0.403. The molecular weight excluding hydrogens is 375 g/mol. The van der Waals surface area contributed by atoms with Crippen molar-refractivity contribution in [3.8, 4) is 11.8 Å². The van der Waals surface area contributed by atoms with E-state index in [1.54, 1.807) is 0 Å². The Balaban J connectivity index is 1.33. The highest BCUT2D eigenvalue weighted by Crippen LogP contribution is 2.65. The van der Waals surface area contributed by atoms with Crippen LogP contribution in [0.1, 0.15) is 31.2 Å². The molecule has 6 nitrogen and oxygen atoms in total. The van der Waals surface area contributed by atoms with Crippen LogP contribution in [0.25, 0.3) is 0 Å². The predicted molar refractivity (Wildman–Crippen MR) is 93.8 cm³/mol. The highest BCUT2D eigenvalue weighted by Gasteiger charge is 2.71. The molecule has 1 aromatic rings. The molecule has 2 saturated carbocycles. The van der Waals surface area contributed by atoms with Crippen LogP contribution < -0.4 is 20.1 Å². The van der Waals surface area contributed by atoms with E-state index in [2.05, 4.69) is 15.6 Å². The van der Waals surface area contributed by atoms with Crippen LogP contribution in [-0.4, -0.2) is 43.1 Å². The Hall–Kier alpha value is -2.03. The van der Waals surface area contributed by atoms with E-state index in [4.69, 9.17) is 9.47 Å². The van der Waals surface area contributed by atoms with Crippen LogP contribution in [0, 0.1) is 23.6 Å². The first-order valence-corrected chi connectivity index (χ1v) is 9.65. The maximum atomic E-state index is 14.4. The van der Waals surface area contributed by atoms with Crippen molar-refractivity contribution >= 4 is 5.91 Å². The van der Waals surface area contributed by atoms with Gasteiger partial charge in [0.25, 0.3) is 11.8 Å². The summed E-state index contributed by atoms with van der Waals surface area (Å²) in [6.45, 7) is 1.05. The van der Waals surface area contributed by atoms with Gasteiger partial charge in [-0.3, -0.25) is 4.79 Å². The van der Waals surface area contributed by atoms with Crippen molar-refractivity contribution in [3.05, 3.63) is 17.4 Å². The molecule has 0 radical (unpaired) electrons. The van der Waals surface area contributed by atoms with Gasteiger partial charge in [0.15, 0.2) is 5.82 Å². The van der Waals surface area contributed by atoms with Gasteiger partial charge in [0.1, 0.15) is 0 Å². The Kier molecular flexibility index (Phi) is 5.11. The van der Waals surface area contributed by atoms with E-state index >= 15 is 0 Å². The fourth-order valence-corrected chi connectivity index (χ4v) is 4.36. The van der Waals surface area contributed by atoms with Crippen molar-refractivity contribution in [3.63, 3.8) is 0 Å². The average molecular weight is 399 g/mol. The van der Waals surface area contributed by atoms with E-state index in [9.17, 15) is 18.0 Å². The standard InChI is InChI=1S/C19H24F3N3O3/c1-27-17-11(8-24-16(26)15-3-2-4-23-15)7-14(20)18(25-17)28-9-10-5-12-13(6-10)19(12,21)22/h7,10,12-13,15,23H,2-6,8-9H2,1H3,(H,24,26)/t10?,12?,13?,15-/m0/s1. The zero-order valence-corrected chi connectivity index (χ0v) is 15.6. The van der Waals surface area contributed by atoms with Crippen LogP contribution in [0.5, 0.6) is 11.8 Å². The zero-order valence-electron chi connectivity index (χ0n) is 15.6. The number of ether oxygens (including phenoxy) is 2. The topological polar surface area (TPSA) is 72.5 Å². The third kappa shape index (κ3) is 3.64. The van der Waals surface area contributed by atoms with E-state index < -0.39 is 23.6 Å². The molecule has 0 spiro atoms. The summed E-state index contributed by atoms with van der Waals surface area (Å²) >= 11 is 0. The second-order valence-electron chi connectivity index (χ2n) is 7.85. The van der Waals surface area contributed by atoms with Crippen molar-refractivity contribution in [2.45, 2.75) is 44.2 Å². The summed E-state index contributed by atoms with van der Waals surface area (Å²) in [6, 6.07) is 1.00. The molecule has 2 unspecified atom stereocenters. The first kappa shape index (κ1) is 19.3. The second-order valence-corrected chi connectivity index (χ2v) is 7.85. The van der Waals surface area contributed by atoms with Crippen LogP contribution in [0.3, 0.4) is 0 Å². The number of aromatic nitrogens is 1. The van der Waals surface area contributed by atoms with Crippen molar-refractivity contribution < 1.29 is 27.4 Å². The van der Waals surface area contributed by atoms with Crippen molar-refractivity contribution in [2.75, 3.05) is 20.3 Å². The van der Waals surface area contributed by atoms with E-state index in [1.165, 1.54) is 13.2 Å². The molecule has 1 aliphatic heterocycles. The van der Waals surface area contributed by atoms with Crippen LogP contribution in [0.15, 0.2) is 6.07 Å². The third-order valence-electron chi connectivity index (χ3n) is 6.00. The fourth-order valence-electron chi connectivity index (χ4n) is 4.36. The first-order chi connectivity index (χ1) is 13.4. The van der Waals surface area contributed by atoms with Crippen LogP contribution >= 0.6 is 0 Å². The Morgan fingerprint density at radius 2 is 2.11 bits per heavy atom. The summed E-state index contributed by atoms with van der Waals surface area (Å²) in [5.74, 6) is -4.49. The number of carbonyl (C=O) groups excluding carboxylic acids is 1. The number of halogens is 3. The summed E-state index contributed by atoms with van der Waals surface area (Å²) in [4.78, 5) is 16.1. The molecule has 1 saturated heterocycles. The molecule has 9 heteroatoms. The minimum Gasteiger partial charge on any atom is -0.481 e. The molecule has 28 heavy (non-hydrogen) atoms. The van der Waals surface area contributed by atoms with Gasteiger partial charge in [-0.05, 0) is 44.2 Å². The van der Waals surface area contributed by atoms with Crippen molar-refractivity contribution in [1.82, 2.24) is 15.6 Å². The molecule has 0 aromatic carbocycles.